The number of rotatable bonds is 6. The van der Waals surface area contributed by atoms with Gasteiger partial charge in [-0.1, -0.05) is 19.1 Å². The van der Waals surface area contributed by atoms with Gasteiger partial charge in [0.15, 0.2) is 0 Å². The molecule has 0 saturated heterocycles. The summed E-state index contributed by atoms with van der Waals surface area (Å²) in [6.45, 7) is 5.72. The van der Waals surface area contributed by atoms with Crippen molar-refractivity contribution in [3.05, 3.63) is 46.4 Å². The molecule has 18 heavy (non-hydrogen) atoms. The van der Waals surface area contributed by atoms with Crippen LogP contribution in [0.15, 0.2) is 36.0 Å². The fourth-order valence-corrected chi connectivity index (χ4v) is 2.63. The molecule has 4 heteroatoms. The van der Waals surface area contributed by atoms with Crippen molar-refractivity contribution < 1.29 is 4.74 Å². The van der Waals surface area contributed by atoms with Crippen molar-refractivity contribution in [2.24, 2.45) is 0 Å². The van der Waals surface area contributed by atoms with Crippen LogP contribution in [0.5, 0.6) is 5.75 Å². The van der Waals surface area contributed by atoms with Crippen LogP contribution in [-0.2, 0) is 0 Å². The quantitative estimate of drug-likeness (QED) is 0.867. The van der Waals surface area contributed by atoms with E-state index in [1.54, 1.807) is 11.3 Å². The third-order valence-corrected chi connectivity index (χ3v) is 3.49. The van der Waals surface area contributed by atoms with Crippen LogP contribution in [0.25, 0.3) is 0 Å². The second kappa shape index (κ2) is 6.52. The van der Waals surface area contributed by atoms with Crippen LogP contribution in [0.1, 0.15) is 30.3 Å². The Kier molecular flexibility index (Phi) is 4.73. The second-order valence-electron chi connectivity index (χ2n) is 3.90. The van der Waals surface area contributed by atoms with Gasteiger partial charge in [-0.3, -0.25) is 4.98 Å². The van der Waals surface area contributed by atoms with E-state index < -0.39 is 0 Å². The molecule has 96 valence electrons. The highest BCUT2D eigenvalue weighted by molar-refractivity contribution is 7.09. The zero-order chi connectivity index (χ0) is 12.8. The maximum atomic E-state index is 5.55. The summed E-state index contributed by atoms with van der Waals surface area (Å²) in [7, 11) is 0. The van der Waals surface area contributed by atoms with Crippen LogP contribution < -0.4 is 10.1 Å². The summed E-state index contributed by atoms with van der Waals surface area (Å²) in [6.07, 6.45) is 1.92. The molecule has 0 aliphatic heterocycles. The van der Waals surface area contributed by atoms with E-state index in [4.69, 9.17) is 4.74 Å². The lowest BCUT2D eigenvalue weighted by atomic mass is 10.1. The van der Waals surface area contributed by atoms with Gasteiger partial charge in [0.2, 0.25) is 0 Å². The predicted octanol–water partition coefficient (Wildman–Crippen LogP) is 3.24. The van der Waals surface area contributed by atoms with Crippen molar-refractivity contribution in [1.82, 2.24) is 10.3 Å². The Labute approximate surface area is 112 Å². The molecule has 0 radical (unpaired) electrons. The van der Waals surface area contributed by atoms with Crippen LogP contribution in [0.2, 0.25) is 0 Å². The smallest absolute Gasteiger partial charge is 0.119 e. The van der Waals surface area contributed by atoms with Gasteiger partial charge in [0.05, 0.1) is 18.2 Å². The number of nitrogens with zero attached hydrogens (tertiary/aromatic N) is 1. The van der Waals surface area contributed by atoms with Gasteiger partial charge in [0.1, 0.15) is 5.75 Å². The molecule has 1 aromatic carbocycles. The minimum absolute atomic E-state index is 0.197. The molecule has 0 fully saturated rings. The van der Waals surface area contributed by atoms with E-state index in [9.17, 15) is 0 Å². The largest absolute Gasteiger partial charge is 0.494 e. The Hall–Kier alpha value is -1.39. The normalized spacial score (nSPS) is 12.3. The van der Waals surface area contributed by atoms with E-state index in [0.717, 1.165) is 12.3 Å². The van der Waals surface area contributed by atoms with Gasteiger partial charge in [-0.2, -0.15) is 0 Å². The Morgan fingerprint density at radius 3 is 2.94 bits per heavy atom. The highest BCUT2D eigenvalue weighted by atomic mass is 32.1. The van der Waals surface area contributed by atoms with Crippen molar-refractivity contribution in [3.63, 3.8) is 0 Å². The molecule has 2 rings (SSSR count). The Bertz CT molecular complexity index is 470. The van der Waals surface area contributed by atoms with E-state index in [0.29, 0.717) is 6.61 Å². The van der Waals surface area contributed by atoms with Gasteiger partial charge in [0, 0.05) is 11.1 Å². The predicted molar refractivity (Wildman–Crippen MR) is 75.2 cm³/mol. The van der Waals surface area contributed by atoms with Crippen molar-refractivity contribution in [2.75, 3.05) is 13.2 Å². The fourth-order valence-electron chi connectivity index (χ4n) is 1.91. The van der Waals surface area contributed by atoms with E-state index >= 15 is 0 Å². The van der Waals surface area contributed by atoms with Gasteiger partial charge in [-0.05, 0) is 31.2 Å². The third-order valence-electron chi connectivity index (χ3n) is 2.65. The summed E-state index contributed by atoms with van der Waals surface area (Å²) in [5.41, 5.74) is 3.08. The molecule has 0 aliphatic carbocycles. The topological polar surface area (TPSA) is 34.1 Å². The summed E-state index contributed by atoms with van der Waals surface area (Å²) >= 11 is 1.67. The van der Waals surface area contributed by atoms with Crippen molar-refractivity contribution in [1.29, 1.82) is 0 Å². The molecular formula is C14H18N2OS. The maximum absolute atomic E-state index is 5.55. The van der Waals surface area contributed by atoms with Gasteiger partial charge in [-0.15, -0.1) is 11.3 Å². The standard InChI is InChI=1S/C14H18N2OS/c1-3-16-14(13-9-15-10-18-13)11-6-5-7-12(8-11)17-4-2/h5-10,14,16H,3-4H2,1-2H3. The highest BCUT2D eigenvalue weighted by Gasteiger charge is 2.14. The Balaban J connectivity index is 2.27. The van der Waals surface area contributed by atoms with Crippen LogP contribution >= 0.6 is 11.3 Å². The molecule has 1 unspecified atom stereocenters. The van der Waals surface area contributed by atoms with Crippen LogP contribution in [0, 0.1) is 0 Å². The lowest BCUT2D eigenvalue weighted by molar-refractivity contribution is 0.339. The van der Waals surface area contributed by atoms with Crippen LogP contribution in [-0.4, -0.2) is 18.1 Å². The molecule has 3 nitrogen and oxygen atoms in total. The molecule has 1 atom stereocenters. The average molecular weight is 262 g/mol. The molecular weight excluding hydrogens is 244 g/mol. The first-order chi connectivity index (χ1) is 8.85. The monoisotopic (exact) mass is 262 g/mol. The number of thiazole rings is 1. The Morgan fingerprint density at radius 2 is 2.28 bits per heavy atom. The number of aromatic nitrogens is 1. The van der Waals surface area contributed by atoms with E-state index in [-0.39, 0.29) is 6.04 Å². The SMILES string of the molecule is CCNC(c1cccc(OCC)c1)c1cncs1. The van der Waals surface area contributed by atoms with Gasteiger partial charge < -0.3 is 10.1 Å². The van der Waals surface area contributed by atoms with Gasteiger partial charge in [-0.25, -0.2) is 0 Å². The highest BCUT2D eigenvalue weighted by Crippen LogP contribution is 2.27. The fraction of sp³-hybridized carbons (Fsp3) is 0.357. The minimum Gasteiger partial charge on any atom is -0.494 e. The Morgan fingerprint density at radius 1 is 1.39 bits per heavy atom. The lowest BCUT2D eigenvalue weighted by Crippen LogP contribution is -2.21. The van der Waals surface area contributed by atoms with E-state index in [1.807, 2.05) is 30.8 Å². The van der Waals surface area contributed by atoms with Gasteiger partial charge >= 0.3 is 0 Å². The molecule has 0 aliphatic rings. The van der Waals surface area contributed by atoms with Crippen molar-refractivity contribution >= 4 is 11.3 Å². The second-order valence-corrected chi connectivity index (χ2v) is 4.82. The molecule has 0 bridgehead atoms. The van der Waals surface area contributed by atoms with E-state index in [1.165, 1.54) is 10.4 Å². The summed E-state index contributed by atoms with van der Waals surface area (Å²) in [4.78, 5) is 5.38. The number of hydrogen-bond donors (Lipinski definition) is 1. The summed E-state index contributed by atoms with van der Waals surface area (Å²) < 4.78 is 5.55. The molecule has 0 amide bonds. The zero-order valence-corrected chi connectivity index (χ0v) is 11.5. The summed E-state index contributed by atoms with van der Waals surface area (Å²) in [5.74, 6) is 0.919. The maximum Gasteiger partial charge on any atom is 0.119 e. The first-order valence-electron chi connectivity index (χ1n) is 6.19. The molecule has 0 saturated carbocycles. The minimum atomic E-state index is 0.197. The lowest BCUT2D eigenvalue weighted by Gasteiger charge is -2.17. The molecule has 1 aromatic heterocycles. The molecule has 1 heterocycles. The molecule has 1 N–H and O–H groups in total. The number of hydrogen-bond acceptors (Lipinski definition) is 4. The van der Waals surface area contributed by atoms with E-state index in [2.05, 4.69) is 29.4 Å². The third kappa shape index (κ3) is 3.09. The average Bonchev–Trinajstić information content (AvgIpc) is 2.90. The van der Waals surface area contributed by atoms with Crippen molar-refractivity contribution in [3.8, 4) is 5.75 Å². The molecule has 2 aromatic rings. The zero-order valence-electron chi connectivity index (χ0n) is 10.7. The van der Waals surface area contributed by atoms with Gasteiger partial charge in [0.25, 0.3) is 0 Å². The summed E-state index contributed by atoms with van der Waals surface area (Å²) in [6, 6.07) is 8.43. The van der Waals surface area contributed by atoms with Crippen LogP contribution in [0.4, 0.5) is 0 Å². The number of benzene rings is 1. The summed E-state index contributed by atoms with van der Waals surface area (Å²) in [5, 5.41) is 3.49. The first-order valence-corrected chi connectivity index (χ1v) is 7.07. The van der Waals surface area contributed by atoms with Crippen LogP contribution in [0.3, 0.4) is 0 Å². The first kappa shape index (κ1) is 13.1. The number of nitrogens with one attached hydrogen (secondary N) is 1. The number of ether oxygens (including phenoxy) is 1. The van der Waals surface area contributed by atoms with Crippen molar-refractivity contribution in [2.45, 2.75) is 19.9 Å². The molecule has 0 spiro atoms.